The minimum atomic E-state index is -0.508. The maximum absolute atomic E-state index is 12.1. The van der Waals surface area contributed by atoms with E-state index in [4.69, 9.17) is 9.47 Å². The second-order valence-electron chi connectivity index (χ2n) is 9.76. The fourth-order valence-corrected chi connectivity index (χ4v) is 4.70. The molecule has 0 spiro atoms. The van der Waals surface area contributed by atoms with Gasteiger partial charge in [0.1, 0.15) is 5.60 Å². The number of hydrogen-bond acceptors (Lipinski definition) is 6. The average Bonchev–Trinajstić information content (AvgIpc) is 2.91. The van der Waals surface area contributed by atoms with E-state index in [-0.39, 0.29) is 11.3 Å². The molecule has 0 saturated heterocycles. The molecule has 0 saturated carbocycles. The Hall–Kier alpha value is -4.03. The number of anilines is 1. The monoisotopic (exact) mass is 525 g/mol. The molecule has 1 N–H and O–H groups in total. The van der Waals surface area contributed by atoms with Gasteiger partial charge in [0.2, 0.25) is 0 Å². The molecule has 0 radical (unpaired) electrons. The zero-order chi connectivity index (χ0) is 27.1. The molecule has 0 aliphatic carbocycles. The molecule has 0 amide bonds. The second-order valence-corrected chi connectivity index (χ2v) is 10.8. The van der Waals surface area contributed by atoms with Crippen molar-refractivity contribution >= 4 is 28.7 Å². The van der Waals surface area contributed by atoms with E-state index in [0.717, 1.165) is 50.2 Å². The maximum atomic E-state index is 12.1. The van der Waals surface area contributed by atoms with Crippen LogP contribution in [0.15, 0.2) is 102 Å². The van der Waals surface area contributed by atoms with Crippen molar-refractivity contribution in [1.82, 2.24) is 0 Å². The predicted octanol–water partition coefficient (Wildman–Crippen LogP) is 8.45. The van der Waals surface area contributed by atoms with Gasteiger partial charge >= 0.3 is 11.3 Å². The van der Waals surface area contributed by atoms with Crippen molar-refractivity contribution < 1.29 is 19.1 Å². The van der Waals surface area contributed by atoms with Crippen molar-refractivity contribution in [2.75, 3.05) is 12.4 Å². The summed E-state index contributed by atoms with van der Waals surface area (Å²) < 4.78 is 10.3. The third kappa shape index (κ3) is 7.26. The summed E-state index contributed by atoms with van der Waals surface area (Å²) in [5.74, 6) is -0.359. The van der Waals surface area contributed by atoms with Gasteiger partial charge in [-0.2, -0.15) is 0 Å². The van der Waals surface area contributed by atoms with Gasteiger partial charge in [0.25, 0.3) is 0 Å². The van der Waals surface area contributed by atoms with Crippen molar-refractivity contribution in [1.29, 1.82) is 0 Å². The summed E-state index contributed by atoms with van der Waals surface area (Å²) in [5, 5.41) is 3.20. The van der Waals surface area contributed by atoms with Crippen molar-refractivity contribution in [3.63, 3.8) is 0 Å². The van der Waals surface area contributed by atoms with Crippen molar-refractivity contribution in [3.8, 4) is 22.3 Å². The zero-order valence-corrected chi connectivity index (χ0v) is 22.8. The van der Waals surface area contributed by atoms with E-state index in [1.807, 2.05) is 87.5 Å². The zero-order valence-electron chi connectivity index (χ0n) is 22.0. The number of ether oxygens (including phenoxy) is 2. The minimum absolute atomic E-state index is 0.311. The molecule has 6 heteroatoms. The summed E-state index contributed by atoms with van der Waals surface area (Å²) in [6.07, 6.45) is 0. The Labute approximate surface area is 228 Å². The Morgan fingerprint density at radius 2 is 1.50 bits per heavy atom. The highest BCUT2D eigenvalue weighted by atomic mass is 32.2. The van der Waals surface area contributed by atoms with Crippen LogP contribution in [0.1, 0.15) is 36.7 Å². The number of hydrogen-bond donors (Lipinski definition) is 1. The van der Waals surface area contributed by atoms with Gasteiger partial charge in [-0.1, -0.05) is 60.7 Å². The number of esters is 1. The number of methoxy groups -OCH3 is 1. The normalized spacial score (nSPS) is 11.1. The van der Waals surface area contributed by atoms with Gasteiger partial charge in [0.05, 0.1) is 12.7 Å². The molecule has 5 nitrogen and oxygen atoms in total. The Morgan fingerprint density at radius 3 is 2.18 bits per heavy atom. The van der Waals surface area contributed by atoms with Crippen LogP contribution in [0.3, 0.4) is 0 Å². The molecule has 194 valence electrons. The van der Waals surface area contributed by atoms with E-state index in [2.05, 4.69) is 29.6 Å². The molecule has 0 atom stereocenters. The molecular weight excluding hydrogens is 494 g/mol. The van der Waals surface area contributed by atoms with Gasteiger partial charge in [-0.15, -0.1) is 0 Å². The highest BCUT2D eigenvalue weighted by molar-refractivity contribution is 8.13. The Balaban J connectivity index is 1.53. The van der Waals surface area contributed by atoms with E-state index in [9.17, 15) is 9.59 Å². The third-order valence-corrected chi connectivity index (χ3v) is 6.47. The third-order valence-electron chi connectivity index (χ3n) is 5.71. The molecule has 0 aromatic heterocycles. The molecule has 0 bridgehead atoms. The van der Waals surface area contributed by atoms with Crippen LogP contribution >= 0.6 is 11.8 Å². The summed E-state index contributed by atoms with van der Waals surface area (Å²) in [7, 11) is 1.39. The number of nitrogens with one attached hydrogen (secondary N) is 1. The summed E-state index contributed by atoms with van der Waals surface area (Å²) in [6.45, 7) is 6.20. The lowest BCUT2D eigenvalue weighted by Gasteiger charge is -2.18. The summed E-state index contributed by atoms with van der Waals surface area (Å²) >= 11 is 1.09. The molecule has 4 rings (SSSR count). The first-order valence-electron chi connectivity index (χ1n) is 12.3. The SMILES string of the molecule is COC(=O)c1cccc(-c2ccc(NCc3ccc(SC(=O)OC(C)(C)C)cc3)cc2-c2ccccc2)c1. The molecule has 0 aliphatic heterocycles. The van der Waals surface area contributed by atoms with E-state index in [0.29, 0.717) is 12.1 Å². The second kappa shape index (κ2) is 12.0. The van der Waals surface area contributed by atoms with Crippen LogP contribution in [0.25, 0.3) is 22.3 Å². The van der Waals surface area contributed by atoms with E-state index >= 15 is 0 Å². The van der Waals surface area contributed by atoms with Crippen molar-refractivity contribution in [2.45, 2.75) is 37.8 Å². The number of thioether (sulfide) groups is 1. The summed E-state index contributed by atoms with van der Waals surface area (Å²) in [5.41, 5.74) is 6.18. The fourth-order valence-electron chi connectivity index (χ4n) is 3.94. The number of carbonyl (C=O) groups is 2. The van der Waals surface area contributed by atoms with E-state index in [1.165, 1.54) is 7.11 Å². The standard InChI is InChI=1S/C32H31NO4S/c1-32(2,3)37-31(35)38-27-16-13-22(14-17-27)21-33-26-15-18-28(29(20-26)23-9-6-5-7-10-23)24-11-8-12-25(19-24)30(34)36-4/h5-20,33H,21H2,1-4H3. The molecule has 0 heterocycles. The van der Waals surface area contributed by atoms with Crippen LogP contribution in [0, 0.1) is 0 Å². The molecule has 0 fully saturated rings. The topological polar surface area (TPSA) is 64.6 Å². The van der Waals surface area contributed by atoms with Gasteiger partial charge in [0.15, 0.2) is 0 Å². The molecular formula is C32H31NO4S. The van der Waals surface area contributed by atoms with Crippen LogP contribution < -0.4 is 5.32 Å². The molecule has 38 heavy (non-hydrogen) atoms. The van der Waals surface area contributed by atoms with Crippen LogP contribution in [0.2, 0.25) is 0 Å². The minimum Gasteiger partial charge on any atom is -0.465 e. The average molecular weight is 526 g/mol. The largest absolute Gasteiger partial charge is 0.465 e. The maximum Gasteiger partial charge on any atom is 0.372 e. The highest BCUT2D eigenvalue weighted by Crippen LogP contribution is 2.35. The van der Waals surface area contributed by atoms with Crippen LogP contribution in [-0.2, 0) is 16.0 Å². The smallest absolute Gasteiger partial charge is 0.372 e. The molecule has 4 aromatic carbocycles. The lowest BCUT2D eigenvalue weighted by Crippen LogP contribution is -2.21. The van der Waals surface area contributed by atoms with Gasteiger partial charge in [0, 0.05) is 17.1 Å². The first kappa shape index (κ1) is 27.0. The van der Waals surface area contributed by atoms with Gasteiger partial charge in [-0.05, 0) is 96.7 Å². The van der Waals surface area contributed by atoms with E-state index < -0.39 is 5.60 Å². The van der Waals surface area contributed by atoms with Crippen molar-refractivity contribution in [3.05, 3.63) is 108 Å². The van der Waals surface area contributed by atoms with Crippen LogP contribution in [0.5, 0.6) is 0 Å². The lowest BCUT2D eigenvalue weighted by atomic mass is 9.93. The Bertz CT molecular complexity index is 1410. The molecule has 0 unspecified atom stereocenters. The van der Waals surface area contributed by atoms with Gasteiger partial charge < -0.3 is 14.8 Å². The molecule has 4 aromatic rings. The summed E-state index contributed by atoms with van der Waals surface area (Å²) in [4.78, 5) is 25.0. The number of benzene rings is 4. The Morgan fingerprint density at radius 1 is 0.789 bits per heavy atom. The summed E-state index contributed by atoms with van der Waals surface area (Å²) in [6, 6.07) is 31.8. The van der Waals surface area contributed by atoms with Crippen LogP contribution in [-0.4, -0.2) is 24.0 Å². The van der Waals surface area contributed by atoms with Crippen LogP contribution in [0.4, 0.5) is 10.5 Å². The number of carbonyl (C=O) groups excluding carboxylic acids is 2. The van der Waals surface area contributed by atoms with E-state index in [1.54, 1.807) is 6.07 Å². The van der Waals surface area contributed by atoms with Gasteiger partial charge in [-0.3, -0.25) is 0 Å². The quantitative estimate of drug-likeness (QED) is 0.193. The van der Waals surface area contributed by atoms with Crippen molar-refractivity contribution in [2.24, 2.45) is 0 Å². The number of rotatable bonds is 7. The Kier molecular flexibility index (Phi) is 8.54. The highest BCUT2D eigenvalue weighted by Gasteiger charge is 2.17. The molecule has 0 aliphatic rings. The first-order chi connectivity index (χ1) is 18.2. The predicted molar refractivity (Wildman–Crippen MR) is 155 cm³/mol. The first-order valence-corrected chi connectivity index (χ1v) is 13.2. The fraction of sp³-hybridized carbons (Fsp3) is 0.188. The van der Waals surface area contributed by atoms with Gasteiger partial charge in [-0.25, -0.2) is 9.59 Å². The lowest BCUT2D eigenvalue weighted by molar-refractivity contribution is 0.0600.